The molecule has 1 fully saturated rings. The maximum atomic E-state index is 9.18. The first-order chi connectivity index (χ1) is 8.36. The van der Waals surface area contributed by atoms with Crippen LogP contribution in [0.1, 0.15) is 5.69 Å². The van der Waals surface area contributed by atoms with Crippen LogP contribution in [0.25, 0.3) is 10.8 Å². The zero-order valence-electron chi connectivity index (χ0n) is 9.30. The predicted octanol–water partition coefficient (Wildman–Crippen LogP) is 1.50. The summed E-state index contributed by atoms with van der Waals surface area (Å²) in [7, 11) is 0. The fourth-order valence-corrected chi connectivity index (χ4v) is 1.83. The molecule has 1 N–H and O–H groups in total. The van der Waals surface area contributed by atoms with Crippen molar-refractivity contribution in [2.45, 2.75) is 12.7 Å². The second kappa shape index (κ2) is 4.31. The van der Waals surface area contributed by atoms with E-state index >= 15 is 0 Å². The summed E-state index contributed by atoms with van der Waals surface area (Å²) in [6, 6.07) is 9.74. The summed E-state index contributed by atoms with van der Waals surface area (Å²) in [4.78, 5) is 4.31. The number of hydrogen-bond acceptors (Lipinski definition) is 4. The van der Waals surface area contributed by atoms with E-state index in [0.717, 1.165) is 10.8 Å². The minimum atomic E-state index is -0.0810. The highest BCUT2D eigenvalue weighted by molar-refractivity contribution is 5.87. The number of fused-ring (bicyclic) bond motifs is 1. The van der Waals surface area contributed by atoms with Gasteiger partial charge in [-0.05, 0) is 17.5 Å². The minimum absolute atomic E-state index is 0.0810. The van der Waals surface area contributed by atoms with Gasteiger partial charge in [0.25, 0.3) is 0 Å². The van der Waals surface area contributed by atoms with Crippen LogP contribution in [0.15, 0.2) is 30.3 Å². The van der Waals surface area contributed by atoms with E-state index in [0.29, 0.717) is 24.8 Å². The van der Waals surface area contributed by atoms with Gasteiger partial charge in [0.15, 0.2) is 0 Å². The van der Waals surface area contributed by atoms with Gasteiger partial charge in [-0.3, -0.25) is 0 Å². The van der Waals surface area contributed by atoms with E-state index in [-0.39, 0.29) is 12.7 Å². The summed E-state index contributed by atoms with van der Waals surface area (Å²) < 4.78 is 10.8. The van der Waals surface area contributed by atoms with Crippen molar-refractivity contribution in [3.05, 3.63) is 36.0 Å². The molecule has 0 spiro atoms. The minimum Gasteiger partial charge on any atom is -0.469 e. The van der Waals surface area contributed by atoms with Crippen molar-refractivity contribution in [1.29, 1.82) is 0 Å². The summed E-state index contributed by atoms with van der Waals surface area (Å²) >= 11 is 0. The molecule has 2 heterocycles. The number of rotatable bonds is 3. The fraction of sp³-hybridized carbons (Fsp3) is 0.308. The SMILES string of the molecule is OCc1cc2ccccc2c(OC2COC2)n1. The normalized spacial score (nSPS) is 15.8. The molecule has 1 saturated heterocycles. The largest absolute Gasteiger partial charge is 0.469 e. The molecule has 0 amide bonds. The second-order valence-electron chi connectivity index (χ2n) is 4.08. The molecule has 0 bridgehead atoms. The van der Waals surface area contributed by atoms with E-state index in [1.54, 1.807) is 0 Å². The molecule has 88 valence electrons. The predicted molar refractivity (Wildman–Crippen MR) is 62.9 cm³/mol. The third-order valence-electron chi connectivity index (χ3n) is 2.81. The lowest BCUT2D eigenvalue weighted by Gasteiger charge is -2.26. The molecule has 0 atom stereocenters. The fourth-order valence-electron chi connectivity index (χ4n) is 1.83. The van der Waals surface area contributed by atoms with Crippen molar-refractivity contribution in [2.75, 3.05) is 13.2 Å². The summed E-state index contributed by atoms with van der Waals surface area (Å²) in [5, 5.41) is 11.2. The zero-order chi connectivity index (χ0) is 11.7. The summed E-state index contributed by atoms with van der Waals surface area (Å²) in [6.07, 6.45) is 0.0832. The summed E-state index contributed by atoms with van der Waals surface area (Å²) in [6.45, 7) is 1.14. The molecular formula is C13H13NO3. The van der Waals surface area contributed by atoms with Crippen molar-refractivity contribution in [3.63, 3.8) is 0 Å². The molecule has 2 aromatic rings. The Morgan fingerprint density at radius 1 is 1.35 bits per heavy atom. The molecule has 4 nitrogen and oxygen atoms in total. The lowest BCUT2D eigenvalue weighted by Crippen LogP contribution is -2.38. The van der Waals surface area contributed by atoms with Crippen molar-refractivity contribution < 1.29 is 14.6 Å². The highest BCUT2D eigenvalue weighted by atomic mass is 16.6. The molecule has 1 aliphatic rings. The smallest absolute Gasteiger partial charge is 0.222 e. The van der Waals surface area contributed by atoms with Crippen LogP contribution >= 0.6 is 0 Å². The van der Waals surface area contributed by atoms with Crippen molar-refractivity contribution in [2.24, 2.45) is 0 Å². The van der Waals surface area contributed by atoms with Crippen LogP contribution in [0.3, 0.4) is 0 Å². The average Bonchev–Trinajstić information content (AvgIpc) is 2.33. The van der Waals surface area contributed by atoms with E-state index in [9.17, 15) is 5.11 Å². The Morgan fingerprint density at radius 3 is 2.88 bits per heavy atom. The Balaban J connectivity index is 2.05. The number of aromatic nitrogens is 1. The standard InChI is InChI=1S/C13H13NO3/c15-6-10-5-9-3-1-2-4-12(9)13(14-10)17-11-7-16-8-11/h1-5,11,15H,6-8H2. The molecule has 3 rings (SSSR count). The molecule has 4 heteroatoms. The Kier molecular flexibility index (Phi) is 2.66. The Labute approximate surface area is 98.8 Å². The number of aliphatic hydroxyl groups is 1. The molecule has 1 aromatic heterocycles. The van der Waals surface area contributed by atoms with E-state index in [1.807, 2.05) is 30.3 Å². The number of pyridine rings is 1. The molecular weight excluding hydrogens is 218 g/mol. The van der Waals surface area contributed by atoms with E-state index in [4.69, 9.17) is 9.47 Å². The molecule has 1 aromatic carbocycles. The topological polar surface area (TPSA) is 51.6 Å². The van der Waals surface area contributed by atoms with Gasteiger partial charge in [-0.1, -0.05) is 18.2 Å². The van der Waals surface area contributed by atoms with Gasteiger partial charge in [0.1, 0.15) is 6.10 Å². The number of nitrogens with zero attached hydrogens (tertiary/aromatic N) is 1. The van der Waals surface area contributed by atoms with E-state index in [2.05, 4.69) is 4.98 Å². The highest BCUT2D eigenvalue weighted by Crippen LogP contribution is 2.26. The van der Waals surface area contributed by atoms with Gasteiger partial charge in [0.05, 0.1) is 25.5 Å². The molecule has 17 heavy (non-hydrogen) atoms. The lowest BCUT2D eigenvalue weighted by molar-refractivity contribution is -0.0807. The van der Waals surface area contributed by atoms with Crippen LogP contribution < -0.4 is 4.74 Å². The number of ether oxygens (including phenoxy) is 2. The number of aliphatic hydroxyl groups excluding tert-OH is 1. The monoisotopic (exact) mass is 231 g/mol. The Hall–Kier alpha value is -1.65. The van der Waals surface area contributed by atoms with Gasteiger partial charge in [-0.2, -0.15) is 0 Å². The van der Waals surface area contributed by atoms with Crippen LogP contribution in [0.5, 0.6) is 5.88 Å². The lowest BCUT2D eigenvalue weighted by atomic mass is 10.1. The van der Waals surface area contributed by atoms with Crippen molar-refractivity contribution in [3.8, 4) is 5.88 Å². The number of benzene rings is 1. The summed E-state index contributed by atoms with van der Waals surface area (Å²) in [5.74, 6) is 0.584. The molecule has 1 aliphatic heterocycles. The van der Waals surface area contributed by atoms with Gasteiger partial charge in [0, 0.05) is 5.39 Å². The second-order valence-corrected chi connectivity index (χ2v) is 4.08. The molecule has 0 aliphatic carbocycles. The Morgan fingerprint density at radius 2 is 2.18 bits per heavy atom. The van der Waals surface area contributed by atoms with E-state index < -0.39 is 0 Å². The van der Waals surface area contributed by atoms with Crippen LogP contribution in [0.4, 0.5) is 0 Å². The maximum Gasteiger partial charge on any atom is 0.222 e. The van der Waals surface area contributed by atoms with Gasteiger partial charge in [-0.25, -0.2) is 4.98 Å². The van der Waals surface area contributed by atoms with E-state index in [1.165, 1.54) is 0 Å². The van der Waals surface area contributed by atoms with Gasteiger partial charge < -0.3 is 14.6 Å². The molecule has 0 unspecified atom stereocenters. The third kappa shape index (κ3) is 1.97. The van der Waals surface area contributed by atoms with Crippen LogP contribution in [0, 0.1) is 0 Å². The first-order valence-electron chi connectivity index (χ1n) is 5.61. The molecule has 0 radical (unpaired) electrons. The van der Waals surface area contributed by atoms with Crippen LogP contribution in [0.2, 0.25) is 0 Å². The van der Waals surface area contributed by atoms with Gasteiger partial charge in [0.2, 0.25) is 5.88 Å². The third-order valence-corrected chi connectivity index (χ3v) is 2.81. The van der Waals surface area contributed by atoms with Crippen molar-refractivity contribution >= 4 is 10.8 Å². The summed E-state index contributed by atoms with van der Waals surface area (Å²) in [5.41, 5.74) is 0.624. The quantitative estimate of drug-likeness (QED) is 0.869. The van der Waals surface area contributed by atoms with Crippen LogP contribution in [-0.4, -0.2) is 29.4 Å². The first kappa shape index (κ1) is 10.5. The van der Waals surface area contributed by atoms with Crippen molar-refractivity contribution in [1.82, 2.24) is 4.98 Å². The number of hydrogen-bond donors (Lipinski definition) is 1. The molecule has 0 saturated carbocycles. The maximum absolute atomic E-state index is 9.18. The van der Waals surface area contributed by atoms with Gasteiger partial charge >= 0.3 is 0 Å². The van der Waals surface area contributed by atoms with Gasteiger partial charge in [-0.15, -0.1) is 0 Å². The average molecular weight is 231 g/mol. The first-order valence-corrected chi connectivity index (χ1v) is 5.61. The van der Waals surface area contributed by atoms with Crippen LogP contribution in [-0.2, 0) is 11.3 Å². The highest BCUT2D eigenvalue weighted by Gasteiger charge is 2.21. The Bertz CT molecular complexity index is 537. The zero-order valence-corrected chi connectivity index (χ0v) is 9.30.